The Morgan fingerprint density at radius 1 is 0.871 bits per heavy atom. The van der Waals surface area contributed by atoms with Crippen molar-refractivity contribution in [2.24, 2.45) is 0 Å². The molecule has 154 valence electrons. The van der Waals surface area contributed by atoms with Crippen LogP contribution in [-0.2, 0) is 19.5 Å². The maximum atomic E-state index is 4.75. The molecule has 31 heavy (non-hydrogen) atoms. The predicted octanol–water partition coefficient (Wildman–Crippen LogP) is 5.08. The van der Waals surface area contributed by atoms with Gasteiger partial charge in [0.1, 0.15) is 6.33 Å². The van der Waals surface area contributed by atoms with Crippen molar-refractivity contribution in [1.82, 2.24) is 29.8 Å². The zero-order chi connectivity index (χ0) is 21.2. The summed E-state index contributed by atoms with van der Waals surface area (Å²) < 4.78 is 2.06. The van der Waals surface area contributed by atoms with Gasteiger partial charge in [0.15, 0.2) is 5.82 Å². The molecule has 6 nitrogen and oxygen atoms in total. The normalized spacial score (nSPS) is 13.7. The summed E-state index contributed by atoms with van der Waals surface area (Å²) in [6.45, 7) is 2.64. The van der Waals surface area contributed by atoms with Crippen LogP contribution in [0.25, 0.3) is 22.6 Å². The van der Waals surface area contributed by atoms with Crippen LogP contribution < -0.4 is 0 Å². The molecule has 0 amide bonds. The van der Waals surface area contributed by atoms with E-state index in [1.807, 2.05) is 18.5 Å². The second-order valence-electron chi connectivity index (χ2n) is 7.46. The zero-order valence-electron chi connectivity index (χ0n) is 16.5. The Bertz CT molecular complexity index is 1190. The maximum absolute atomic E-state index is 4.75. The largest absolute Gasteiger partial charge is 0.294 e. The lowest BCUT2D eigenvalue weighted by Crippen LogP contribution is -2.31. The third kappa shape index (κ3) is 4.71. The molecular formula is C23H18Br2N6. The Kier molecular flexibility index (Phi) is 5.85. The molecule has 0 saturated heterocycles. The van der Waals surface area contributed by atoms with E-state index in [1.54, 1.807) is 12.4 Å². The predicted molar refractivity (Wildman–Crippen MR) is 126 cm³/mol. The van der Waals surface area contributed by atoms with Crippen molar-refractivity contribution in [3.8, 4) is 22.6 Å². The number of nitrogens with zero attached hydrogens (tertiary/aromatic N) is 6. The number of hydrogen-bond donors (Lipinski definition) is 0. The van der Waals surface area contributed by atoms with Crippen molar-refractivity contribution >= 4 is 31.9 Å². The van der Waals surface area contributed by atoms with Crippen LogP contribution in [0.2, 0.25) is 0 Å². The molecular weight excluding hydrogens is 520 g/mol. The van der Waals surface area contributed by atoms with E-state index in [0.717, 1.165) is 57.5 Å². The summed E-state index contributed by atoms with van der Waals surface area (Å²) in [5.41, 5.74) is 6.36. The van der Waals surface area contributed by atoms with Gasteiger partial charge in [0.05, 0.1) is 17.0 Å². The summed E-state index contributed by atoms with van der Waals surface area (Å²) in [5, 5.41) is 0. The zero-order valence-corrected chi connectivity index (χ0v) is 19.7. The molecule has 0 radical (unpaired) electrons. The van der Waals surface area contributed by atoms with Crippen molar-refractivity contribution < 1.29 is 0 Å². The maximum Gasteiger partial charge on any atom is 0.162 e. The summed E-state index contributed by atoms with van der Waals surface area (Å²) >= 11 is 7.08. The minimum atomic E-state index is 0.687. The third-order valence-corrected chi connectivity index (χ3v) is 6.14. The van der Waals surface area contributed by atoms with Gasteiger partial charge in [-0.3, -0.25) is 9.88 Å². The van der Waals surface area contributed by atoms with E-state index >= 15 is 0 Å². The molecule has 5 rings (SSSR count). The second kappa shape index (κ2) is 8.90. The molecule has 1 aliphatic rings. The number of pyridine rings is 1. The summed E-state index contributed by atoms with van der Waals surface area (Å²) in [6, 6.07) is 10.4. The summed E-state index contributed by atoms with van der Waals surface area (Å²) in [5.74, 6) is 0.687. The number of aromatic nitrogens is 5. The second-order valence-corrected chi connectivity index (χ2v) is 9.29. The van der Waals surface area contributed by atoms with Gasteiger partial charge in [-0.05, 0) is 29.8 Å². The van der Waals surface area contributed by atoms with Crippen molar-refractivity contribution in [2.45, 2.75) is 19.5 Å². The minimum absolute atomic E-state index is 0.687. The molecule has 0 N–H and O–H groups in total. The Hall–Kier alpha value is -2.55. The molecule has 4 heterocycles. The van der Waals surface area contributed by atoms with Gasteiger partial charge >= 0.3 is 0 Å². The molecule has 4 aromatic rings. The molecule has 0 atom stereocenters. The topological polar surface area (TPSA) is 67.7 Å². The number of fused-ring (bicyclic) bond motifs is 1. The lowest BCUT2D eigenvalue weighted by molar-refractivity contribution is 0.242. The van der Waals surface area contributed by atoms with Gasteiger partial charge in [-0.15, -0.1) is 0 Å². The van der Waals surface area contributed by atoms with E-state index in [-0.39, 0.29) is 0 Å². The molecule has 3 aromatic heterocycles. The molecule has 0 bridgehead atoms. The molecule has 0 fully saturated rings. The first-order valence-electron chi connectivity index (χ1n) is 9.88. The van der Waals surface area contributed by atoms with Crippen molar-refractivity contribution in [1.29, 1.82) is 0 Å². The van der Waals surface area contributed by atoms with E-state index in [9.17, 15) is 0 Å². The van der Waals surface area contributed by atoms with Gasteiger partial charge in [-0.25, -0.2) is 19.9 Å². The highest BCUT2D eigenvalue weighted by Crippen LogP contribution is 2.27. The van der Waals surface area contributed by atoms with Crippen molar-refractivity contribution in [2.75, 3.05) is 6.54 Å². The Balaban J connectivity index is 1.28. The standard InChI is InChI=1S/C23H18Br2N6/c24-19-5-16(6-20(25)7-19)21-2-1-15(8-28-21)12-31-4-3-22-18(13-31)11-29-23(30-22)17-9-26-14-27-10-17/h1-2,5-11,14H,3-4,12-13H2. The SMILES string of the molecule is Brc1cc(Br)cc(-c2ccc(CN3CCc4nc(-c5cncnc5)ncc4C3)cn2)c1. The van der Waals surface area contributed by atoms with Crippen molar-refractivity contribution in [3.63, 3.8) is 0 Å². The van der Waals surface area contributed by atoms with Crippen LogP contribution in [0.5, 0.6) is 0 Å². The highest BCUT2D eigenvalue weighted by Gasteiger charge is 2.19. The lowest BCUT2D eigenvalue weighted by atomic mass is 10.1. The Labute approximate surface area is 197 Å². The fourth-order valence-corrected chi connectivity index (χ4v) is 5.01. The van der Waals surface area contributed by atoms with Crippen LogP contribution in [0.3, 0.4) is 0 Å². The number of rotatable bonds is 4. The monoisotopic (exact) mass is 536 g/mol. The van der Waals surface area contributed by atoms with Crippen LogP contribution in [-0.4, -0.2) is 36.4 Å². The highest BCUT2D eigenvalue weighted by molar-refractivity contribution is 9.11. The first-order valence-corrected chi connectivity index (χ1v) is 11.5. The van der Waals surface area contributed by atoms with Crippen LogP contribution in [0.1, 0.15) is 16.8 Å². The third-order valence-electron chi connectivity index (χ3n) is 5.22. The quantitative estimate of drug-likeness (QED) is 0.361. The van der Waals surface area contributed by atoms with Crippen LogP contribution >= 0.6 is 31.9 Å². The van der Waals surface area contributed by atoms with Gasteiger partial charge in [0.2, 0.25) is 0 Å². The van der Waals surface area contributed by atoms with E-state index in [0.29, 0.717) is 5.82 Å². The highest BCUT2D eigenvalue weighted by atomic mass is 79.9. The van der Waals surface area contributed by atoms with E-state index in [1.165, 1.54) is 17.5 Å². The fraction of sp³-hybridized carbons (Fsp3) is 0.174. The summed E-state index contributed by atoms with van der Waals surface area (Å²) in [6.07, 6.45) is 9.80. The van der Waals surface area contributed by atoms with Gasteiger partial charge in [-0.2, -0.15) is 0 Å². The molecule has 0 unspecified atom stereocenters. The average molecular weight is 538 g/mol. The molecule has 0 spiro atoms. The number of hydrogen-bond acceptors (Lipinski definition) is 6. The minimum Gasteiger partial charge on any atom is -0.294 e. The molecule has 0 aliphatic carbocycles. The first-order chi connectivity index (χ1) is 15.1. The first kappa shape index (κ1) is 20.4. The van der Waals surface area contributed by atoms with E-state index < -0.39 is 0 Å². The summed E-state index contributed by atoms with van der Waals surface area (Å²) in [4.78, 5) is 24.5. The van der Waals surface area contributed by atoms with Crippen LogP contribution in [0, 0.1) is 0 Å². The average Bonchev–Trinajstić information content (AvgIpc) is 2.79. The van der Waals surface area contributed by atoms with E-state index in [2.05, 4.69) is 81.0 Å². The van der Waals surface area contributed by atoms with Gasteiger partial charge in [0.25, 0.3) is 0 Å². The molecule has 8 heteroatoms. The van der Waals surface area contributed by atoms with Gasteiger partial charge in [0, 0.05) is 70.9 Å². The van der Waals surface area contributed by atoms with Crippen LogP contribution in [0.15, 0.2) is 70.4 Å². The Morgan fingerprint density at radius 3 is 2.42 bits per heavy atom. The Morgan fingerprint density at radius 2 is 1.68 bits per heavy atom. The smallest absolute Gasteiger partial charge is 0.162 e. The fourth-order valence-electron chi connectivity index (χ4n) is 3.71. The van der Waals surface area contributed by atoms with Crippen LogP contribution in [0.4, 0.5) is 0 Å². The van der Waals surface area contributed by atoms with Gasteiger partial charge in [-0.1, -0.05) is 37.9 Å². The summed E-state index contributed by atoms with van der Waals surface area (Å²) in [7, 11) is 0. The van der Waals surface area contributed by atoms with E-state index in [4.69, 9.17) is 4.98 Å². The lowest BCUT2D eigenvalue weighted by Gasteiger charge is -2.28. The molecule has 1 aromatic carbocycles. The number of halogens is 2. The van der Waals surface area contributed by atoms with Crippen molar-refractivity contribution in [3.05, 3.63) is 87.2 Å². The molecule has 0 saturated carbocycles. The number of benzene rings is 1. The molecule has 1 aliphatic heterocycles. The van der Waals surface area contributed by atoms with Gasteiger partial charge < -0.3 is 0 Å².